The number of carbonyl (C=O) groups excluding carboxylic acids is 5. The number of nitrogens with one attached hydrogen (secondary N) is 5. The van der Waals surface area contributed by atoms with Gasteiger partial charge in [0.1, 0.15) is 11.3 Å². The zero-order chi connectivity index (χ0) is 27.4. The first-order chi connectivity index (χ1) is 16.9. The van der Waals surface area contributed by atoms with Crippen molar-refractivity contribution in [3.63, 3.8) is 0 Å². The fourth-order valence-electron chi connectivity index (χ4n) is 3.37. The second-order valence-corrected chi connectivity index (χ2v) is 9.51. The number of rotatable bonds is 8. The van der Waals surface area contributed by atoms with Crippen molar-refractivity contribution in [2.45, 2.75) is 61.6 Å². The van der Waals surface area contributed by atoms with E-state index in [1.54, 1.807) is 6.92 Å². The zero-order valence-corrected chi connectivity index (χ0v) is 20.9. The number of thioether (sulfide) groups is 1. The minimum absolute atomic E-state index is 0.00853. The van der Waals surface area contributed by atoms with Crippen LogP contribution >= 0.6 is 11.8 Å². The molecule has 5 unspecified atom stereocenters. The van der Waals surface area contributed by atoms with Gasteiger partial charge in [0.2, 0.25) is 29.5 Å². The fraction of sp³-hybridized carbons (Fsp3) is 0.700. The molecule has 0 aromatic rings. The zero-order valence-electron chi connectivity index (χ0n) is 20.1. The highest BCUT2D eigenvalue weighted by atomic mass is 32.2. The Balaban J connectivity index is 3.35. The molecule has 0 saturated carbocycles. The molecule has 5 amide bonds. The van der Waals surface area contributed by atoms with Gasteiger partial charge >= 0.3 is 5.97 Å². The number of carboxylic acids is 1. The van der Waals surface area contributed by atoms with E-state index >= 15 is 0 Å². The van der Waals surface area contributed by atoms with Gasteiger partial charge in [-0.2, -0.15) is 0 Å². The van der Waals surface area contributed by atoms with Crippen LogP contribution in [0.2, 0.25) is 0 Å². The Kier molecular flexibility index (Phi) is 13.1. The van der Waals surface area contributed by atoms with Crippen molar-refractivity contribution in [2.75, 3.05) is 26.0 Å². The third-order valence-electron chi connectivity index (χ3n) is 5.34. The summed E-state index contributed by atoms with van der Waals surface area (Å²) in [5.74, 6) is -4.98. The van der Waals surface area contributed by atoms with Crippen LogP contribution in [0.15, 0.2) is 0 Å². The molecule has 0 spiro atoms. The van der Waals surface area contributed by atoms with E-state index in [9.17, 15) is 39.0 Å². The van der Waals surface area contributed by atoms with Crippen LogP contribution in [-0.2, 0) is 28.8 Å². The molecular weight excluding hydrogens is 498 g/mol. The molecule has 15 nitrogen and oxygen atoms in total. The molecular formula is C20H35N7O8S. The topological polar surface area (TPSA) is 255 Å². The number of hydrogen-bond donors (Lipinski definition) is 9. The number of amides is 5. The molecule has 36 heavy (non-hydrogen) atoms. The molecule has 1 aliphatic heterocycles. The van der Waals surface area contributed by atoms with E-state index in [2.05, 4.69) is 26.6 Å². The van der Waals surface area contributed by atoms with Crippen molar-refractivity contribution in [3.8, 4) is 0 Å². The van der Waals surface area contributed by atoms with Crippen LogP contribution in [0.5, 0.6) is 0 Å². The number of carbonyl (C=O) groups is 6. The minimum atomic E-state index is -1.31. The number of carboxylic acid groups (broad SMARTS) is 1. The van der Waals surface area contributed by atoms with Gasteiger partial charge in [0, 0.05) is 24.8 Å². The largest absolute Gasteiger partial charge is 0.480 e. The Morgan fingerprint density at radius 3 is 2.19 bits per heavy atom. The standard InChI is InChI=1S/C20H35N7O8S/c1-9-6-24-11(5-15(22)30)17(31)26-10(3-4-14(21)29)16(20(34)35)36-8-13(23-2)19(33)27-12(7-28)18(32)25-9/h9-13,16,23-24,28H,3-8H2,1-2H3,(H2,21,29)(H2,22,30)(H,25,32)(H,26,31)(H,27,33)(H,34,35)/t9?,10?,11?,12?,13-,16?/m0/s1. The molecule has 0 bridgehead atoms. The highest BCUT2D eigenvalue weighted by Crippen LogP contribution is 2.20. The van der Waals surface area contributed by atoms with Gasteiger partial charge in [-0.05, 0) is 20.4 Å². The lowest BCUT2D eigenvalue weighted by Crippen LogP contribution is -2.58. The Bertz CT molecular complexity index is 830. The van der Waals surface area contributed by atoms with Crippen molar-refractivity contribution in [2.24, 2.45) is 11.5 Å². The molecule has 1 saturated heterocycles. The second kappa shape index (κ2) is 15.2. The molecule has 204 valence electrons. The average Bonchev–Trinajstić information content (AvgIpc) is 2.79. The predicted molar refractivity (Wildman–Crippen MR) is 129 cm³/mol. The minimum Gasteiger partial charge on any atom is -0.480 e. The normalized spacial score (nSPS) is 28.9. The summed E-state index contributed by atoms with van der Waals surface area (Å²) in [5.41, 5.74) is 10.5. The molecule has 1 rings (SSSR count). The van der Waals surface area contributed by atoms with Gasteiger partial charge in [-0.25, -0.2) is 0 Å². The summed E-state index contributed by atoms with van der Waals surface area (Å²) in [4.78, 5) is 73.2. The van der Waals surface area contributed by atoms with Crippen molar-refractivity contribution >= 4 is 47.3 Å². The van der Waals surface area contributed by atoms with Crippen LogP contribution in [0.4, 0.5) is 0 Å². The number of hydrogen-bond acceptors (Lipinski definition) is 10. The van der Waals surface area contributed by atoms with E-state index in [-0.39, 0.29) is 25.1 Å². The summed E-state index contributed by atoms with van der Waals surface area (Å²) < 4.78 is 0. The monoisotopic (exact) mass is 533 g/mol. The van der Waals surface area contributed by atoms with Crippen LogP contribution in [0.3, 0.4) is 0 Å². The van der Waals surface area contributed by atoms with Gasteiger partial charge in [-0.3, -0.25) is 28.8 Å². The maximum Gasteiger partial charge on any atom is 0.318 e. The lowest BCUT2D eigenvalue weighted by atomic mass is 10.1. The van der Waals surface area contributed by atoms with E-state index in [0.29, 0.717) is 0 Å². The smallest absolute Gasteiger partial charge is 0.318 e. The Morgan fingerprint density at radius 2 is 1.67 bits per heavy atom. The highest BCUT2D eigenvalue weighted by Gasteiger charge is 2.35. The summed E-state index contributed by atoms with van der Waals surface area (Å²) in [7, 11) is 1.46. The van der Waals surface area contributed by atoms with Crippen molar-refractivity contribution in [1.82, 2.24) is 26.6 Å². The third kappa shape index (κ3) is 10.3. The Morgan fingerprint density at radius 1 is 1.03 bits per heavy atom. The molecule has 1 aliphatic rings. The molecule has 0 aliphatic carbocycles. The number of aliphatic hydroxyl groups excluding tert-OH is 1. The van der Waals surface area contributed by atoms with Crippen LogP contribution in [0.1, 0.15) is 26.2 Å². The van der Waals surface area contributed by atoms with Gasteiger partial charge in [-0.15, -0.1) is 11.8 Å². The van der Waals surface area contributed by atoms with Crippen molar-refractivity contribution in [1.29, 1.82) is 0 Å². The predicted octanol–water partition coefficient (Wildman–Crippen LogP) is -4.66. The summed E-state index contributed by atoms with van der Waals surface area (Å²) >= 11 is 0.824. The first-order valence-electron chi connectivity index (χ1n) is 11.2. The van der Waals surface area contributed by atoms with Gasteiger partial charge in [0.05, 0.1) is 31.2 Å². The van der Waals surface area contributed by atoms with Crippen LogP contribution in [0.25, 0.3) is 0 Å². The van der Waals surface area contributed by atoms with Gasteiger partial charge in [-0.1, -0.05) is 0 Å². The molecule has 0 aromatic carbocycles. The quantitative estimate of drug-likeness (QED) is 0.143. The molecule has 0 radical (unpaired) electrons. The first-order valence-corrected chi connectivity index (χ1v) is 12.3. The second-order valence-electron chi connectivity index (χ2n) is 8.34. The Labute approximate surface area is 212 Å². The molecule has 11 N–H and O–H groups in total. The van der Waals surface area contributed by atoms with Gasteiger partial charge in [0.25, 0.3) is 0 Å². The summed E-state index contributed by atoms with van der Waals surface area (Å²) in [6.45, 7) is 0.888. The summed E-state index contributed by atoms with van der Waals surface area (Å²) in [6, 6.07) is -5.09. The molecule has 16 heteroatoms. The maximum atomic E-state index is 13.0. The van der Waals surface area contributed by atoms with E-state index < -0.39 is 84.0 Å². The summed E-state index contributed by atoms with van der Waals surface area (Å²) in [5, 5.41) is 31.3. The average molecular weight is 534 g/mol. The molecule has 6 atom stereocenters. The molecule has 1 heterocycles. The Hall–Kier alpha value is -2.95. The van der Waals surface area contributed by atoms with Gasteiger partial charge in [0.15, 0.2) is 0 Å². The molecule has 0 aromatic heterocycles. The SMILES string of the molecule is CN[C@H]1CSC(C(=O)O)C(CCC(N)=O)NC(=O)C(CC(N)=O)NCC(C)NC(=O)C(CO)NC1=O. The maximum absolute atomic E-state index is 13.0. The molecule has 1 fully saturated rings. The fourth-order valence-corrected chi connectivity index (χ4v) is 4.67. The van der Waals surface area contributed by atoms with E-state index in [0.717, 1.165) is 11.8 Å². The van der Waals surface area contributed by atoms with E-state index in [1.165, 1.54) is 7.05 Å². The number of likely N-dealkylation sites (N-methyl/N-ethyl adjacent to an activating group) is 1. The number of aliphatic hydroxyl groups is 1. The summed E-state index contributed by atoms with van der Waals surface area (Å²) in [6.07, 6.45) is -0.749. The highest BCUT2D eigenvalue weighted by molar-refractivity contribution is 8.00. The van der Waals surface area contributed by atoms with Crippen molar-refractivity contribution in [3.05, 3.63) is 0 Å². The van der Waals surface area contributed by atoms with Gasteiger partial charge < -0.3 is 48.3 Å². The first kappa shape index (κ1) is 31.1. The number of aliphatic carboxylic acids is 1. The number of primary amides is 2. The lowest BCUT2D eigenvalue weighted by molar-refractivity contribution is -0.137. The van der Waals surface area contributed by atoms with E-state index in [1.807, 2.05) is 0 Å². The van der Waals surface area contributed by atoms with Crippen molar-refractivity contribution < 1.29 is 39.0 Å². The van der Waals surface area contributed by atoms with E-state index in [4.69, 9.17) is 11.5 Å². The number of nitrogens with two attached hydrogens (primary N) is 2. The lowest BCUT2D eigenvalue weighted by Gasteiger charge is -2.29. The third-order valence-corrected chi connectivity index (χ3v) is 6.76. The van der Waals surface area contributed by atoms with Crippen LogP contribution in [-0.4, -0.2) is 107 Å². The van der Waals surface area contributed by atoms with Crippen LogP contribution < -0.4 is 38.1 Å². The van der Waals surface area contributed by atoms with Crippen LogP contribution in [0, 0.1) is 0 Å².